The molecule has 2 atom stereocenters. The number of nitrogens with zero attached hydrogens (tertiary/aromatic N) is 1. The van der Waals surface area contributed by atoms with Gasteiger partial charge in [-0.3, -0.25) is 10.1 Å². The second-order valence-electron chi connectivity index (χ2n) is 5.78. The maximum atomic E-state index is 11.0. The second kappa shape index (κ2) is 7.27. The lowest BCUT2D eigenvalue weighted by molar-refractivity contribution is -0.384. The van der Waals surface area contributed by atoms with Crippen LogP contribution in [0.5, 0.6) is 0 Å². The summed E-state index contributed by atoms with van der Waals surface area (Å²) in [5.41, 5.74) is 0.846. The fraction of sp³-hybridized carbons (Fsp3) is 0.625. The van der Waals surface area contributed by atoms with Gasteiger partial charge in [0.25, 0.3) is 5.69 Å². The van der Waals surface area contributed by atoms with Crippen molar-refractivity contribution in [2.24, 2.45) is 5.92 Å². The Morgan fingerprint density at radius 2 is 2.05 bits per heavy atom. The van der Waals surface area contributed by atoms with Gasteiger partial charge in [0.1, 0.15) is 5.69 Å². The first-order chi connectivity index (χ1) is 9.70. The largest absolute Gasteiger partial charge is 0.377 e. The van der Waals surface area contributed by atoms with Crippen LogP contribution in [-0.4, -0.2) is 11.0 Å². The van der Waals surface area contributed by atoms with Crippen LogP contribution in [0.4, 0.5) is 11.4 Å². The van der Waals surface area contributed by atoms with Crippen LogP contribution in [0.1, 0.15) is 51.9 Å². The number of nitro benzene ring substituents is 1. The van der Waals surface area contributed by atoms with Crippen molar-refractivity contribution in [2.75, 3.05) is 5.32 Å². The van der Waals surface area contributed by atoms with E-state index in [1.165, 1.54) is 32.1 Å². The molecule has 0 amide bonds. The Kier molecular flexibility index (Phi) is 5.39. The Labute approximate surface area is 120 Å². The monoisotopic (exact) mass is 276 g/mol. The number of hydrogen-bond acceptors (Lipinski definition) is 3. The Morgan fingerprint density at radius 3 is 2.80 bits per heavy atom. The van der Waals surface area contributed by atoms with Gasteiger partial charge in [0.15, 0.2) is 0 Å². The van der Waals surface area contributed by atoms with Crippen LogP contribution in [0.15, 0.2) is 24.3 Å². The number of nitro groups is 1. The summed E-state index contributed by atoms with van der Waals surface area (Å²) in [5.74, 6) is 0.845. The second-order valence-corrected chi connectivity index (χ2v) is 5.78. The van der Waals surface area contributed by atoms with Gasteiger partial charge >= 0.3 is 0 Å². The molecule has 2 rings (SSSR count). The predicted molar refractivity (Wildman–Crippen MR) is 82.0 cm³/mol. The van der Waals surface area contributed by atoms with Crippen LogP contribution in [0, 0.1) is 16.0 Å². The molecule has 20 heavy (non-hydrogen) atoms. The lowest BCUT2D eigenvalue weighted by Crippen LogP contribution is -2.19. The van der Waals surface area contributed by atoms with E-state index in [4.69, 9.17) is 0 Å². The third kappa shape index (κ3) is 3.95. The highest BCUT2D eigenvalue weighted by atomic mass is 16.6. The van der Waals surface area contributed by atoms with Crippen molar-refractivity contribution in [3.8, 4) is 0 Å². The zero-order valence-corrected chi connectivity index (χ0v) is 12.2. The molecule has 4 nitrogen and oxygen atoms in total. The van der Waals surface area contributed by atoms with E-state index in [0.29, 0.717) is 11.7 Å². The van der Waals surface area contributed by atoms with E-state index >= 15 is 0 Å². The number of rotatable bonds is 5. The highest BCUT2D eigenvalue weighted by Crippen LogP contribution is 2.30. The van der Waals surface area contributed by atoms with E-state index in [2.05, 4.69) is 12.2 Å². The molecule has 0 aliphatic heterocycles. The van der Waals surface area contributed by atoms with Crippen molar-refractivity contribution in [1.29, 1.82) is 0 Å². The molecule has 1 aliphatic carbocycles. The lowest BCUT2D eigenvalue weighted by Gasteiger charge is -2.18. The Balaban J connectivity index is 1.98. The van der Waals surface area contributed by atoms with Gasteiger partial charge in [-0.25, -0.2) is 0 Å². The SMILES string of the molecule is CCCC1CCCC(Nc2ccccc2[N+](=O)[O-])CC1. The molecule has 4 heteroatoms. The van der Waals surface area contributed by atoms with Gasteiger partial charge in [-0.15, -0.1) is 0 Å². The maximum Gasteiger partial charge on any atom is 0.292 e. The summed E-state index contributed by atoms with van der Waals surface area (Å²) >= 11 is 0. The van der Waals surface area contributed by atoms with E-state index < -0.39 is 0 Å². The highest BCUT2D eigenvalue weighted by Gasteiger charge is 2.20. The van der Waals surface area contributed by atoms with Gasteiger partial charge in [0.05, 0.1) is 4.92 Å². The number of benzene rings is 1. The third-order valence-corrected chi connectivity index (χ3v) is 4.25. The first kappa shape index (κ1) is 14.8. The maximum absolute atomic E-state index is 11.0. The van der Waals surface area contributed by atoms with E-state index in [9.17, 15) is 10.1 Å². The summed E-state index contributed by atoms with van der Waals surface area (Å²) in [5, 5.41) is 14.4. The first-order valence-corrected chi connectivity index (χ1v) is 7.70. The van der Waals surface area contributed by atoms with Crippen molar-refractivity contribution in [2.45, 2.75) is 57.9 Å². The van der Waals surface area contributed by atoms with E-state index in [1.807, 2.05) is 12.1 Å². The molecule has 0 saturated heterocycles. The van der Waals surface area contributed by atoms with E-state index in [-0.39, 0.29) is 10.6 Å². The van der Waals surface area contributed by atoms with Crippen LogP contribution in [-0.2, 0) is 0 Å². The molecule has 1 N–H and O–H groups in total. The number of nitrogens with one attached hydrogen (secondary N) is 1. The van der Waals surface area contributed by atoms with Gasteiger partial charge < -0.3 is 5.32 Å². The molecule has 110 valence electrons. The zero-order chi connectivity index (χ0) is 14.4. The van der Waals surface area contributed by atoms with Gasteiger partial charge in [-0.05, 0) is 31.2 Å². The molecule has 1 aromatic rings. The Morgan fingerprint density at radius 1 is 1.25 bits per heavy atom. The average Bonchev–Trinajstić information content (AvgIpc) is 2.65. The van der Waals surface area contributed by atoms with Gasteiger partial charge in [0.2, 0.25) is 0 Å². The van der Waals surface area contributed by atoms with Crippen LogP contribution < -0.4 is 5.32 Å². The fourth-order valence-corrected chi connectivity index (χ4v) is 3.19. The van der Waals surface area contributed by atoms with Crippen LogP contribution in [0.2, 0.25) is 0 Å². The van der Waals surface area contributed by atoms with Crippen molar-refractivity contribution in [3.05, 3.63) is 34.4 Å². The number of anilines is 1. The zero-order valence-electron chi connectivity index (χ0n) is 12.2. The highest BCUT2D eigenvalue weighted by molar-refractivity contribution is 5.61. The molecule has 2 unspecified atom stereocenters. The predicted octanol–water partition coefficient (Wildman–Crippen LogP) is 4.76. The summed E-state index contributed by atoms with van der Waals surface area (Å²) in [6.45, 7) is 2.24. The van der Waals surface area contributed by atoms with Crippen molar-refractivity contribution in [3.63, 3.8) is 0 Å². The van der Waals surface area contributed by atoms with Gasteiger partial charge in [-0.1, -0.05) is 44.7 Å². The molecule has 0 spiro atoms. The van der Waals surface area contributed by atoms with E-state index in [0.717, 1.165) is 18.8 Å². The lowest BCUT2D eigenvalue weighted by atomic mass is 9.95. The Bertz CT molecular complexity index is 448. The number of hydrogen-bond donors (Lipinski definition) is 1. The topological polar surface area (TPSA) is 55.2 Å². The normalized spacial score (nSPS) is 23.1. The number of para-hydroxylation sites is 2. The molecule has 1 saturated carbocycles. The standard InChI is InChI=1S/C16H24N2O2/c1-2-6-13-7-5-8-14(12-11-13)17-15-9-3-4-10-16(15)18(19)20/h3-4,9-10,13-14,17H,2,5-8,11-12H2,1H3. The summed E-state index contributed by atoms with van der Waals surface area (Å²) in [6.07, 6.45) is 8.59. The molecular formula is C16H24N2O2. The quantitative estimate of drug-likeness (QED) is 0.479. The summed E-state index contributed by atoms with van der Waals surface area (Å²) in [6, 6.07) is 7.32. The molecule has 1 aromatic carbocycles. The molecule has 1 fully saturated rings. The molecule has 1 aliphatic rings. The van der Waals surface area contributed by atoms with Crippen LogP contribution in [0.3, 0.4) is 0 Å². The minimum atomic E-state index is -0.307. The minimum Gasteiger partial charge on any atom is -0.377 e. The fourth-order valence-electron chi connectivity index (χ4n) is 3.19. The smallest absolute Gasteiger partial charge is 0.292 e. The third-order valence-electron chi connectivity index (χ3n) is 4.25. The minimum absolute atomic E-state index is 0.182. The first-order valence-electron chi connectivity index (χ1n) is 7.70. The molecule has 0 heterocycles. The van der Waals surface area contributed by atoms with Crippen LogP contribution in [0.25, 0.3) is 0 Å². The Hall–Kier alpha value is -1.58. The van der Waals surface area contributed by atoms with Crippen LogP contribution >= 0.6 is 0 Å². The summed E-state index contributed by atoms with van der Waals surface area (Å²) < 4.78 is 0. The van der Waals surface area contributed by atoms with Gasteiger partial charge in [0, 0.05) is 12.1 Å². The van der Waals surface area contributed by atoms with Crippen molar-refractivity contribution in [1.82, 2.24) is 0 Å². The molecule has 0 bridgehead atoms. The van der Waals surface area contributed by atoms with E-state index in [1.54, 1.807) is 12.1 Å². The molecular weight excluding hydrogens is 252 g/mol. The van der Waals surface area contributed by atoms with Gasteiger partial charge in [-0.2, -0.15) is 0 Å². The molecule has 0 aromatic heterocycles. The van der Waals surface area contributed by atoms with Crippen molar-refractivity contribution < 1.29 is 4.92 Å². The summed E-state index contributed by atoms with van der Waals surface area (Å²) in [7, 11) is 0. The van der Waals surface area contributed by atoms with Crippen molar-refractivity contribution >= 4 is 11.4 Å². The summed E-state index contributed by atoms with van der Waals surface area (Å²) in [4.78, 5) is 10.7. The molecule has 0 radical (unpaired) electrons. The average molecular weight is 276 g/mol.